The molecule has 5 rings (SSSR count). The second-order valence-electron chi connectivity index (χ2n) is 8.32. The first-order valence-electron chi connectivity index (χ1n) is 11.7. The molecule has 0 saturated carbocycles. The molecule has 3 aromatic carbocycles. The molecule has 0 bridgehead atoms. The van der Waals surface area contributed by atoms with Crippen LogP contribution in [0.4, 0.5) is 0 Å². The van der Waals surface area contributed by atoms with Crippen molar-refractivity contribution in [2.24, 2.45) is 0 Å². The normalized spacial score (nSPS) is 10.8. The Morgan fingerprint density at radius 1 is 0.838 bits per heavy atom. The molecular formula is C29H26N4O4. The molecule has 2 heterocycles. The maximum absolute atomic E-state index is 13.6. The first-order valence-corrected chi connectivity index (χ1v) is 11.7. The lowest BCUT2D eigenvalue weighted by molar-refractivity contribution is 0.0952. The lowest BCUT2D eigenvalue weighted by Gasteiger charge is -2.12. The van der Waals surface area contributed by atoms with Gasteiger partial charge in [0.15, 0.2) is 17.1 Å². The second-order valence-corrected chi connectivity index (χ2v) is 8.32. The molecule has 0 aliphatic rings. The van der Waals surface area contributed by atoms with Gasteiger partial charge in [0.2, 0.25) is 0 Å². The highest BCUT2D eigenvalue weighted by molar-refractivity contribution is 6.11. The third-order valence-corrected chi connectivity index (χ3v) is 6.12. The average Bonchev–Trinajstić information content (AvgIpc) is 3.40. The van der Waals surface area contributed by atoms with Gasteiger partial charge in [-0.15, -0.1) is 0 Å². The number of H-pyrrole nitrogens is 1. The number of carbonyl (C=O) groups excluding carboxylic acids is 1. The van der Waals surface area contributed by atoms with Crippen LogP contribution in [0.2, 0.25) is 0 Å². The fourth-order valence-corrected chi connectivity index (χ4v) is 4.18. The van der Waals surface area contributed by atoms with E-state index in [1.54, 1.807) is 27.4 Å². The molecule has 0 fully saturated rings. The molecule has 0 atom stereocenters. The predicted molar refractivity (Wildman–Crippen MR) is 142 cm³/mol. The van der Waals surface area contributed by atoms with Gasteiger partial charge in [-0.05, 0) is 42.0 Å². The molecule has 0 aliphatic carbocycles. The molecule has 0 unspecified atom stereocenters. The number of nitrogens with zero attached hydrogens (tertiary/aromatic N) is 2. The van der Waals surface area contributed by atoms with Crippen molar-refractivity contribution in [3.05, 3.63) is 90.0 Å². The van der Waals surface area contributed by atoms with Crippen molar-refractivity contribution in [1.82, 2.24) is 20.5 Å². The van der Waals surface area contributed by atoms with Crippen molar-refractivity contribution in [1.29, 1.82) is 0 Å². The molecule has 1 amide bonds. The summed E-state index contributed by atoms with van der Waals surface area (Å²) in [5, 5.41) is 11.2. The third-order valence-electron chi connectivity index (χ3n) is 6.12. The summed E-state index contributed by atoms with van der Waals surface area (Å²) in [5.41, 5.74) is 4.88. The van der Waals surface area contributed by atoms with Gasteiger partial charge in [0.05, 0.1) is 43.7 Å². The highest BCUT2D eigenvalue weighted by Crippen LogP contribution is 2.35. The number of rotatable bonds is 8. The highest BCUT2D eigenvalue weighted by Gasteiger charge is 2.21. The quantitative estimate of drug-likeness (QED) is 0.306. The number of ether oxygens (including phenoxy) is 3. The summed E-state index contributed by atoms with van der Waals surface area (Å²) in [7, 11) is 4.79. The maximum Gasteiger partial charge on any atom is 0.252 e. The minimum absolute atomic E-state index is 0.233. The number of pyridine rings is 1. The van der Waals surface area contributed by atoms with Gasteiger partial charge in [-0.2, -0.15) is 5.10 Å². The fraction of sp³-hybridized carbons (Fsp3) is 0.138. The molecule has 0 spiro atoms. The van der Waals surface area contributed by atoms with E-state index in [-0.39, 0.29) is 5.91 Å². The Kier molecular flexibility index (Phi) is 6.72. The number of benzene rings is 3. The topological polar surface area (TPSA) is 98.4 Å². The Morgan fingerprint density at radius 3 is 2.30 bits per heavy atom. The Balaban J connectivity index is 1.58. The van der Waals surface area contributed by atoms with Crippen molar-refractivity contribution in [3.63, 3.8) is 0 Å². The van der Waals surface area contributed by atoms with E-state index < -0.39 is 0 Å². The van der Waals surface area contributed by atoms with Gasteiger partial charge in [-0.25, -0.2) is 4.98 Å². The van der Waals surface area contributed by atoms with Gasteiger partial charge in [-0.3, -0.25) is 9.89 Å². The summed E-state index contributed by atoms with van der Waals surface area (Å²) < 4.78 is 16.1. The molecule has 5 aromatic rings. The van der Waals surface area contributed by atoms with Crippen molar-refractivity contribution in [3.8, 4) is 39.8 Å². The number of methoxy groups -OCH3 is 3. The molecule has 0 aliphatic heterocycles. The summed E-state index contributed by atoms with van der Waals surface area (Å²) in [6.07, 6.45) is 0. The molecule has 8 heteroatoms. The van der Waals surface area contributed by atoms with Crippen molar-refractivity contribution in [2.45, 2.75) is 6.54 Å². The van der Waals surface area contributed by atoms with Crippen LogP contribution in [0.1, 0.15) is 15.9 Å². The predicted octanol–water partition coefficient (Wildman–Crippen LogP) is 5.25. The molecule has 37 heavy (non-hydrogen) atoms. The van der Waals surface area contributed by atoms with E-state index in [9.17, 15) is 4.79 Å². The SMILES string of the molecule is COc1ccc(CNC(=O)c2cc(-c3ccc(OC)c(OC)c3)nc3n[nH]c(-c4ccccc4)c23)cc1. The lowest BCUT2D eigenvalue weighted by atomic mass is 10.0. The van der Waals surface area contributed by atoms with Gasteiger partial charge in [0.1, 0.15) is 5.75 Å². The average molecular weight is 495 g/mol. The van der Waals surface area contributed by atoms with Gasteiger partial charge < -0.3 is 19.5 Å². The van der Waals surface area contributed by atoms with Gasteiger partial charge in [-0.1, -0.05) is 42.5 Å². The second kappa shape index (κ2) is 10.4. The number of aromatic amines is 1. The Labute approximate surface area is 214 Å². The minimum atomic E-state index is -0.233. The van der Waals surface area contributed by atoms with Crippen LogP contribution in [0.25, 0.3) is 33.5 Å². The Morgan fingerprint density at radius 2 is 1.59 bits per heavy atom. The van der Waals surface area contributed by atoms with E-state index in [1.807, 2.05) is 72.8 Å². The molecule has 0 saturated heterocycles. The van der Waals surface area contributed by atoms with Crippen LogP contribution in [0, 0.1) is 0 Å². The first-order chi connectivity index (χ1) is 18.1. The molecule has 0 radical (unpaired) electrons. The summed E-state index contributed by atoms with van der Waals surface area (Å²) >= 11 is 0. The van der Waals surface area contributed by atoms with Crippen molar-refractivity contribution >= 4 is 16.9 Å². The van der Waals surface area contributed by atoms with E-state index in [4.69, 9.17) is 19.2 Å². The number of carbonyl (C=O) groups is 1. The molecule has 2 N–H and O–H groups in total. The lowest BCUT2D eigenvalue weighted by Crippen LogP contribution is -2.23. The summed E-state index contributed by atoms with van der Waals surface area (Å²) in [5.74, 6) is 1.70. The van der Waals surface area contributed by atoms with Crippen LogP contribution in [-0.2, 0) is 6.54 Å². The number of hydrogen-bond donors (Lipinski definition) is 2. The van der Waals surface area contributed by atoms with Crippen LogP contribution < -0.4 is 19.5 Å². The summed E-state index contributed by atoms with van der Waals surface area (Å²) in [6.45, 7) is 0.358. The minimum Gasteiger partial charge on any atom is -0.497 e. The number of fused-ring (bicyclic) bond motifs is 1. The van der Waals surface area contributed by atoms with Crippen LogP contribution in [0.15, 0.2) is 78.9 Å². The van der Waals surface area contributed by atoms with E-state index in [0.29, 0.717) is 40.3 Å². The molecule has 2 aromatic heterocycles. The summed E-state index contributed by atoms with van der Waals surface area (Å²) in [6, 6.07) is 24.6. The molecule has 8 nitrogen and oxygen atoms in total. The van der Waals surface area contributed by atoms with Gasteiger partial charge in [0, 0.05) is 17.7 Å². The standard InChI is InChI=1S/C29H26N4O4/c1-35-21-12-9-18(10-13-21)17-30-29(34)22-16-23(20-11-14-24(36-2)25(15-20)37-3)31-28-26(22)27(32-33-28)19-7-5-4-6-8-19/h4-16H,17H2,1-3H3,(H,30,34)(H,31,32,33). The number of amides is 1. The van der Waals surface area contributed by atoms with Crippen molar-refractivity contribution in [2.75, 3.05) is 21.3 Å². The van der Waals surface area contributed by atoms with Crippen LogP contribution in [-0.4, -0.2) is 42.4 Å². The maximum atomic E-state index is 13.6. The van der Waals surface area contributed by atoms with Crippen LogP contribution in [0.3, 0.4) is 0 Å². The van der Waals surface area contributed by atoms with Crippen molar-refractivity contribution < 1.29 is 19.0 Å². The zero-order chi connectivity index (χ0) is 25.8. The van der Waals surface area contributed by atoms with E-state index in [2.05, 4.69) is 15.5 Å². The highest BCUT2D eigenvalue weighted by atomic mass is 16.5. The third kappa shape index (κ3) is 4.81. The fourth-order valence-electron chi connectivity index (χ4n) is 4.18. The Hall–Kier alpha value is -4.85. The van der Waals surface area contributed by atoms with Gasteiger partial charge in [0.25, 0.3) is 5.91 Å². The zero-order valence-corrected chi connectivity index (χ0v) is 20.7. The van der Waals surface area contributed by atoms with Crippen LogP contribution in [0.5, 0.6) is 17.2 Å². The monoisotopic (exact) mass is 494 g/mol. The van der Waals surface area contributed by atoms with E-state index in [0.717, 1.165) is 28.1 Å². The zero-order valence-electron chi connectivity index (χ0n) is 20.7. The smallest absolute Gasteiger partial charge is 0.252 e. The number of nitrogens with one attached hydrogen (secondary N) is 2. The molecular weight excluding hydrogens is 468 g/mol. The van der Waals surface area contributed by atoms with E-state index >= 15 is 0 Å². The van der Waals surface area contributed by atoms with Gasteiger partial charge >= 0.3 is 0 Å². The first kappa shape index (κ1) is 23.9. The molecule has 186 valence electrons. The van der Waals surface area contributed by atoms with E-state index in [1.165, 1.54) is 0 Å². The largest absolute Gasteiger partial charge is 0.497 e. The Bertz CT molecular complexity index is 1550. The summed E-state index contributed by atoms with van der Waals surface area (Å²) in [4.78, 5) is 18.4. The number of hydrogen-bond acceptors (Lipinski definition) is 6. The van der Waals surface area contributed by atoms with Crippen LogP contribution >= 0.6 is 0 Å². The number of aromatic nitrogens is 3.